The van der Waals surface area contributed by atoms with Crippen molar-refractivity contribution in [2.24, 2.45) is 11.8 Å². The lowest BCUT2D eigenvalue weighted by molar-refractivity contribution is -0.142. The molecule has 52 heavy (non-hydrogen) atoms. The number of ether oxygens (including phenoxy) is 2. The topological polar surface area (TPSA) is 181 Å². The SMILES string of the molecule is C=C[C@@H]1C[C@]1(NC(=O)[C@@H]1C[C@@H]2CN1C(=O)[C@H](C1CCCC1)NC(=O)OCCCCC=Cc1cccc3c1CN(C3)C(=O)O2)C(=O)NS(=O)(=O)C1CC1. The highest BCUT2D eigenvalue weighted by molar-refractivity contribution is 7.91. The lowest BCUT2D eigenvalue weighted by Crippen LogP contribution is -2.59. The molecule has 0 spiro atoms. The lowest BCUT2D eigenvalue weighted by Gasteiger charge is -2.32. The quantitative estimate of drug-likeness (QED) is 0.354. The van der Waals surface area contributed by atoms with Crippen molar-refractivity contribution in [2.45, 2.75) is 113 Å². The molecule has 0 radical (unpaired) electrons. The third kappa shape index (κ3) is 7.42. The molecule has 0 aromatic heterocycles. The lowest BCUT2D eigenvalue weighted by atomic mass is 9.96. The zero-order valence-electron chi connectivity index (χ0n) is 29.2. The summed E-state index contributed by atoms with van der Waals surface area (Å²) >= 11 is 0. The van der Waals surface area contributed by atoms with Crippen LogP contribution in [0.2, 0.25) is 0 Å². The molecular formula is C37H47N5O9S. The number of fused-ring (bicyclic) bond motifs is 3. The van der Waals surface area contributed by atoms with Gasteiger partial charge in [0.2, 0.25) is 21.8 Å². The molecule has 6 aliphatic rings. The summed E-state index contributed by atoms with van der Waals surface area (Å²) in [7, 11) is -3.90. The highest BCUT2D eigenvalue weighted by Crippen LogP contribution is 2.45. The Balaban J connectivity index is 1.15. The van der Waals surface area contributed by atoms with Gasteiger partial charge in [0.25, 0.3) is 5.91 Å². The second-order valence-electron chi connectivity index (χ2n) is 15.0. The normalized spacial score (nSPS) is 29.9. The van der Waals surface area contributed by atoms with Crippen LogP contribution in [0.15, 0.2) is 36.9 Å². The van der Waals surface area contributed by atoms with Gasteiger partial charge in [-0.2, -0.15) is 0 Å². The summed E-state index contributed by atoms with van der Waals surface area (Å²) in [6.45, 7) is 4.53. The molecule has 1 aromatic rings. The van der Waals surface area contributed by atoms with Crippen LogP contribution in [-0.4, -0.2) is 90.3 Å². The van der Waals surface area contributed by atoms with Gasteiger partial charge in [-0.25, -0.2) is 18.0 Å². The molecule has 1 aromatic carbocycles. The summed E-state index contributed by atoms with van der Waals surface area (Å²) in [4.78, 5) is 71.7. The molecule has 3 saturated carbocycles. The van der Waals surface area contributed by atoms with Crippen molar-refractivity contribution < 1.29 is 41.9 Å². The van der Waals surface area contributed by atoms with E-state index >= 15 is 0 Å². The number of rotatable bonds is 7. The Morgan fingerprint density at radius 1 is 1.04 bits per heavy atom. The average Bonchev–Trinajstić information content (AvgIpc) is 3.90. The minimum Gasteiger partial charge on any atom is -0.450 e. The van der Waals surface area contributed by atoms with E-state index in [0.29, 0.717) is 45.2 Å². The van der Waals surface area contributed by atoms with Crippen LogP contribution in [-0.2, 0) is 47.0 Å². The van der Waals surface area contributed by atoms with E-state index in [1.165, 1.54) is 11.0 Å². The number of nitrogens with zero attached hydrogens (tertiary/aromatic N) is 2. The molecule has 0 unspecified atom stereocenters. The van der Waals surface area contributed by atoms with E-state index < -0.39 is 74.8 Å². The number of carbonyl (C=O) groups excluding carboxylic acids is 5. The van der Waals surface area contributed by atoms with Crippen molar-refractivity contribution >= 4 is 46.0 Å². The van der Waals surface area contributed by atoms with E-state index in [0.717, 1.165) is 42.4 Å². The summed E-state index contributed by atoms with van der Waals surface area (Å²) < 4.78 is 39.0. The van der Waals surface area contributed by atoms with Gasteiger partial charge in [0, 0.05) is 18.9 Å². The number of hydrogen-bond donors (Lipinski definition) is 3. The van der Waals surface area contributed by atoms with Crippen LogP contribution in [0.5, 0.6) is 0 Å². The standard InChI is InChI=1S/C37H47N5O9S/c1-2-26-19-37(26,34(45)40-52(48,49)28-15-16-28)39-32(43)30-18-27-21-42(30)33(44)31(24-11-6-7-12-24)38-35(46)50-17-8-4-3-5-10-23-13-9-14-25-20-41(22-29(23)25)36(47)51-27/h2,5,9-10,13-14,24,26-28,30-31H,1,3-4,6-8,11-12,15-22H2,(H,38,46)(H,39,43)(H,40,45)/t26-,27-,30+,31+,37-/m1/s1. The predicted octanol–water partition coefficient (Wildman–Crippen LogP) is 3.26. The average molecular weight is 738 g/mol. The summed E-state index contributed by atoms with van der Waals surface area (Å²) in [5.74, 6) is -2.77. The molecule has 4 fully saturated rings. The van der Waals surface area contributed by atoms with Crippen molar-refractivity contribution in [3.63, 3.8) is 0 Å². The second-order valence-corrected chi connectivity index (χ2v) is 16.9. The van der Waals surface area contributed by atoms with Gasteiger partial charge >= 0.3 is 12.2 Å². The molecule has 4 bridgehead atoms. The van der Waals surface area contributed by atoms with Crippen LogP contribution in [0, 0.1) is 11.8 Å². The Kier molecular flexibility index (Phi) is 10.1. The minimum atomic E-state index is -3.90. The summed E-state index contributed by atoms with van der Waals surface area (Å²) in [6.07, 6.45) is 9.77. The molecular weight excluding hydrogens is 691 g/mol. The Labute approximate surface area is 303 Å². The minimum absolute atomic E-state index is 0.0588. The first kappa shape index (κ1) is 36.0. The highest BCUT2D eigenvalue weighted by atomic mass is 32.2. The fourth-order valence-corrected chi connectivity index (χ4v) is 9.47. The van der Waals surface area contributed by atoms with E-state index in [9.17, 15) is 32.4 Å². The van der Waals surface area contributed by atoms with Crippen molar-refractivity contribution in [1.82, 2.24) is 25.2 Å². The van der Waals surface area contributed by atoms with Crippen molar-refractivity contribution in [3.8, 4) is 0 Å². The Bertz CT molecular complexity index is 1770. The van der Waals surface area contributed by atoms with E-state index in [-0.39, 0.29) is 31.9 Å². The molecule has 15 heteroatoms. The smallest absolute Gasteiger partial charge is 0.410 e. The van der Waals surface area contributed by atoms with Gasteiger partial charge in [-0.05, 0) is 74.0 Å². The molecule has 3 aliphatic carbocycles. The Morgan fingerprint density at radius 3 is 2.56 bits per heavy atom. The first-order chi connectivity index (χ1) is 25.0. The maximum Gasteiger partial charge on any atom is 0.410 e. The van der Waals surface area contributed by atoms with Crippen LogP contribution >= 0.6 is 0 Å². The molecule has 280 valence electrons. The number of carbonyl (C=O) groups is 5. The van der Waals surface area contributed by atoms with Crippen molar-refractivity contribution in [3.05, 3.63) is 53.6 Å². The number of amides is 5. The summed E-state index contributed by atoms with van der Waals surface area (Å²) in [6, 6.07) is 3.77. The maximum absolute atomic E-state index is 14.5. The number of nitrogens with one attached hydrogen (secondary N) is 3. The van der Waals surface area contributed by atoms with Crippen molar-refractivity contribution in [1.29, 1.82) is 0 Å². The molecule has 3 N–H and O–H groups in total. The molecule has 5 atom stereocenters. The predicted molar refractivity (Wildman–Crippen MR) is 188 cm³/mol. The van der Waals surface area contributed by atoms with Gasteiger partial charge in [-0.3, -0.25) is 24.0 Å². The number of sulfonamides is 1. The molecule has 7 rings (SSSR count). The van der Waals surface area contributed by atoms with Gasteiger partial charge < -0.3 is 25.0 Å². The molecule has 14 nitrogen and oxygen atoms in total. The number of cyclic esters (lactones) is 1. The second kappa shape index (κ2) is 14.6. The first-order valence-electron chi connectivity index (χ1n) is 18.5. The van der Waals surface area contributed by atoms with Gasteiger partial charge in [0.1, 0.15) is 23.7 Å². The van der Waals surface area contributed by atoms with Crippen LogP contribution < -0.4 is 15.4 Å². The number of alkyl carbamates (subject to hydrolysis) is 1. The summed E-state index contributed by atoms with van der Waals surface area (Å²) in [5.41, 5.74) is 1.48. The van der Waals surface area contributed by atoms with Crippen LogP contribution in [0.3, 0.4) is 0 Å². The Hall–Kier alpha value is -4.40. The number of benzene rings is 1. The highest BCUT2D eigenvalue weighted by Gasteiger charge is 2.62. The van der Waals surface area contributed by atoms with E-state index in [1.807, 2.05) is 24.3 Å². The van der Waals surface area contributed by atoms with Gasteiger partial charge in [-0.15, -0.1) is 6.58 Å². The largest absolute Gasteiger partial charge is 0.450 e. The monoisotopic (exact) mass is 737 g/mol. The van der Waals surface area contributed by atoms with E-state index in [2.05, 4.69) is 28.0 Å². The third-order valence-electron chi connectivity index (χ3n) is 11.3. The fourth-order valence-electron chi connectivity index (χ4n) is 8.10. The number of allylic oxidation sites excluding steroid dienone is 1. The number of hydrogen-bond acceptors (Lipinski definition) is 9. The van der Waals surface area contributed by atoms with Crippen LogP contribution in [0.25, 0.3) is 6.08 Å². The zero-order valence-corrected chi connectivity index (χ0v) is 30.0. The van der Waals surface area contributed by atoms with Crippen LogP contribution in [0.4, 0.5) is 9.59 Å². The summed E-state index contributed by atoms with van der Waals surface area (Å²) in [5, 5.41) is 4.91. The maximum atomic E-state index is 14.5. The van der Waals surface area contributed by atoms with E-state index in [4.69, 9.17) is 9.47 Å². The molecule has 3 heterocycles. The first-order valence-corrected chi connectivity index (χ1v) is 20.0. The van der Waals surface area contributed by atoms with Crippen LogP contribution in [0.1, 0.15) is 87.3 Å². The molecule has 5 amide bonds. The van der Waals surface area contributed by atoms with Gasteiger partial charge in [0.15, 0.2) is 0 Å². The zero-order chi connectivity index (χ0) is 36.6. The Morgan fingerprint density at radius 2 is 1.83 bits per heavy atom. The molecule has 3 aliphatic heterocycles. The fraction of sp³-hybridized carbons (Fsp3) is 0.595. The van der Waals surface area contributed by atoms with Gasteiger partial charge in [0.05, 0.1) is 24.9 Å². The third-order valence-corrected chi connectivity index (χ3v) is 13.2. The molecule has 1 saturated heterocycles. The van der Waals surface area contributed by atoms with Crippen molar-refractivity contribution in [2.75, 3.05) is 13.2 Å². The van der Waals surface area contributed by atoms with E-state index in [1.54, 1.807) is 4.90 Å². The van der Waals surface area contributed by atoms with Gasteiger partial charge in [-0.1, -0.05) is 49.3 Å².